The van der Waals surface area contributed by atoms with Gasteiger partial charge in [-0.1, -0.05) is 13.8 Å². The number of nitrogens with one attached hydrogen (secondary N) is 3. The number of ether oxygens (including phenoxy) is 2. The van der Waals surface area contributed by atoms with E-state index in [0.717, 1.165) is 29.9 Å². The SMILES string of the molecule is CN=C(NCCNC(=O)C(C)C)NCc1ccc(OC)cc1OC1CCCC1. The van der Waals surface area contributed by atoms with Gasteiger partial charge in [-0.15, -0.1) is 0 Å². The standard InChI is InChI=1S/C21H34N4O3/c1-15(2)20(26)23-11-12-24-21(22-3)25-14-16-9-10-18(27-4)13-19(16)28-17-7-5-6-8-17/h9-10,13,15,17H,5-8,11-12,14H2,1-4H3,(H,23,26)(H2,22,24,25). The highest BCUT2D eigenvalue weighted by molar-refractivity contribution is 5.80. The van der Waals surface area contributed by atoms with Crippen molar-refractivity contribution in [3.63, 3.8) is 0 Å². The fraction of sp³-hybridized carbons (Fsp3) is 0.619. The minimum atomic E-state index is -0.00852. The number of hydrogen-bond acceptors (Lipinski definition) is 4. The third-order valence-corrected chi connectivity index (χ3v) is 4.78. The monoisotopic (exact) mass is 390 g/mol. The van der Waals surface area contributed by atoms with E-state index in [9.17, 15) is 4.79 Å². The molecule has 1 amide bonds. The van der Waals surface area contributed by atoms with Crippen LogP contribution < -0.4 is 25.4 Å². The molecule has 1 aliphatic carbocycles. The molecular weight excluding hydrogens is 356 g/mol. The Balaban J connectivity index is 1.87. The number of aliphatic imine (C=N–C) groups is 1. The van der Waals surface area contributed by atoms with Gasteiger partial charge in [-0.05, 0) is 37.8 Å². The first kappa shape index (κ1) is 21.9. The second-order valence-electron chi connectivity index (χ2n) is 7.30. The molecule has 1 fully saturated rings. The van der Waals surface area contributed by atoms with Gasteiger partial charge < -0.3 is 25.4 Å². The van der Waals surface area contributed by atoms with Crippen LogP contribution in [0.25, 0.3) is 0 Å². The van der Waals surface area contributed by atoms with Crippen LogP contribution in [0.15, 0.2) is 23.2 Å². The molecule has 0 saturated heterocycles. The van der Waals surface area contributed by atoms with Crippen molar-refractivity contribution < 1.29 is 14.3 Å². The normalized spacial score (nSPS) is 14.8. The number of guanidine groups is 1. The minimum absolute atomic E-state index is 0.00852. The molecule has 0 aromatic heterocycles. The Morgan fingerprint density at radius 3 is 2.54 bits per heavy atom. The molecule has 3 N–H and O–H groups in total. The summed E-state index contributed by atoms with van der Waals surface area (Å²) < 4.78 is 11.6. The van der Waals surface area contributed by atoms with Crippen molar-refractivity contribution in [2.75, 3.05) is 27.2 Å². The van der Waals surface area contributed by atoms with E-state index in [4.69, 9.17) is 9.47 Å². The Kier molecular flexibility index (Phi) is 8.91. The highest BCUT2D eigenvalue weighted by Crippen LogP contribution is 2.29. The fourth-order valence-corrected chi connectivity index (χ4v) is 3.07. The Bertz CT molecular complexity index is 655. The van der Waals surface area contributed by atoms with E-state index >= 15 is 0 Å². The number of amides is 1. The van der Waals surface area contributed by atoms with Crippen LogP contribution in [-0.4, -0.2) is 45.2 Å². The zero-order chi connectivity index (χ0) is 20.4. The summed E-state index contributed by atoms with van der Waals surface area (Å²) in [6, 6.07) is 5.91. The van der Waals surface area contributed by atoms with E-state index in [0.29, 0.717) is 25.6 Å². The van der Waals surface area contributed by atoms with Gasteiger partial charge in [-0.3, -0.25) is 9.79 Å². The first-order chi connectivity index (χ1) is 13.5. The molecular formula is C21H34N4O3. The Morgan fingerprint density at radius 1 is 1.18 bits per heavy atom. The lowest BCUT2D eigenvalue weighted by Crippen LogP contribution is -2.41. The smallest absolute Gasteiger partial charge is 0.222 e. The summed E-state index contributed by atoms with van der Waals surface area (Å²) in [7, 11) is 3.39. The van der Waals surface area contributed by atoms with Crippen molar-refractivity contribution in [1.29, 1.82) is 0 Å². The van der Waals surface area contributed by atoms with E-state index in [-0.39, 0.29) is 17.9 Å². The number of carbonyl (C=O) groups excluding carboxylic acids is 1. The van der Waals surface area contributed by atoms with Gasteiger partial charge in [0.25, 0.3) is 0 Å². The summed E-state index contributed by atoms with van der Waals surface area (Å²) in [6.45, 7) is 5.50. The van der Waals surface area contributed by atoms with Crippen molar-refractivity contribution in [1.82, 2.24) is 16.0 Å². The topological polar surface area (TPSA) is 84.0 Å². The minimum Gasteiger partial charge on any atom is -0.497 e. The molecule has 0 heterocycles. The summed E-state index contributed by atoms with van der Waals surface area (Å²) in [6.07, 6.45) is 4.95. The third kappa shape index (κ3) is 6.94. The summed E-state index contributed by atoms with van der Waals surface area (Å²) >= 11 is 0. The summed E-state index contributed by atoms with van der Waals surface area (Å²) in [5.41, 5.74) is 1.06. The van der Waals surface area contributed by atoms with Crippen LogP contribution in [0, 0.1) is 5.92 Å². The molecule has 0 spiro atoms. The second kappa shape index (κ2) is 11.4. The van der Waals surface area contributed by atoms with Crippen LogP contribution in [0.1, 0.15) is 45.1 Å². The van der Waals surface area contributed by atoms with Crippen LogP contribution in [0.5, 0.6) is 11.5 Å². The molecule has 0 bridgehead atoms. The summed E-state index contributed by atoms with van der Waals surface area (Å²) in [5.74, 6) is 2.38. The van der Waals surface area contributed by atoms with E-state index < -0.39 is 0 Å². The molecule has 1 aliphatic rings. The van der Waals surface area contributed by atoms with Gasteiger partial charge in [-0.25, -0.2) is 0 Å². The molecule has 28 heavy (non-hydrogen) atoms. The van der Waals surface area contributed by atoms with Crippen LogP contribution in [0.2, 0.25) is 0 Å². The van der Waals surface area contributed by atoms with Crippen molar-refractivity contribution >= 4 is 11.9 Å². The zero-order valence-corrected chi connectivity index (χ0v) is 17.5. The maximum atomic E-state index is 11.6. The quantitative estimate of drug-likeness (QED) is 0.343. The second-order valence-corrected chi connectivity index (χ2v) is 7.30. The predicted molar refractivity (Wildman–Crippen MR) is 112 cm³/mol. The van der Waals surface area contributed by atoms with Crippen LogP contribution in [0.4, 0.5) is 0 Å². The zero-order valence-electron chi connectivity index (χ0n) is 17.5. The van der Waals surface area contributed by atoms with Gasteiger partial charge in [0.05, 0.1) is 13.2 Å². The van der Waals surface area contributed by atoms with Gasteiger partial charge in [0.15, 0.2) is 5.96 Å². The molecule has 156 valence electrons. The van der Waals surface area contributed by atoms with Crippen molar-refractivity contribution in [2.24, 2.45) is 10.9 Å². The molecule has 1 aromatic rings. The molecule has 0 unspecified atom stereocenters. The first-order valence-electron chi connectivity index (χ1n) is 10.1. The summed E-state index contributed by atoms with van der Waals surface area (Å²) in [5, 5.41) is 9.39. The Morgan fingerprint density at radius 2 is 1.89 bits per heavy atom. The lowest BCUT2D eigenvalue weighted by Gasteiger charge is -2.19. The van der Waals surface area contributed by atoms with E-state index in [1.165, 1.54) is 12.8 Å². The lowest BCUT2D eigenvalue weighted by molar-refractivity contribution is -0.123. The average Bonchev–Trinajstić information content (AvgIpc) is 3.20. The number of hydrogen-bond donors (Lipinski definition) is 3. The Labute approximate surface area is 168 Å². The average molecular weight is 391 g/mol. The third-order valence-electron chi connectivity index (χ3n) is 4.78. The number of methoxy groups -OCH3 is 1. The van der Waals surface area contributed by atoms with Gasteiger partial charge in [0, 0.05) is 44.2 Å². The lowest BCUT2D eigenvalue weighted by atomic mass is 10.2. The molecule has 0 atom stereocenters. The highest BCUT2D eigenvalue weighted by atomic mass is 16.5. The van der Waals surface area contributed by atoms with Crippen LogP contribution >= 0.6 is 0 Å². The maximum Gasteiger partial charge on any atom is 0.222 e. The predicted octanol–water partition coefficient (Wildman–Crippen LogP) is 2.45. The van der Waals surface area contributed by atoms with Gasteiger partial charge in [0.1, 0.15) is 11.5 Å². The molecule has 7 heteroatoms. The molecule has 7 nitrogen and oxygen atoms in total. The first-order valence-corrected chi connectivity index (χ1v) is 10.1. The van der Waals surface area contributed by atoms with E-state index in [1.807, 2.05) is 32.0 Å². The van der Waals surface area contributed by atoms with Crippen molar-refractivity contribution in [2.45, 2.75) is 52.2 Å². The fourth-order valence-electron chi connectivity index (χ4n) is 3.07. The van der Waals surface area contributed by atoms with Gasteiger partial charge >= 0.3 is 0 Å². The van der Waals surface area contributed by atoms with Crippen molar-refractivity contribution in [3.8, 4) is 11.5 Å². The number of rotatable bonds is 9. The van der Waals surface area contributed by atoms with Gasteiger partial charge in [0.2, 0.25) is 5.91 Å². The number of carbonyl (C=O) groups is 1. The molecule has 2 rings (SSSR count). The van der Waals surface area contributed by atoms with E-state index in [2.05, 4.69) is 20.9 Å². The highest BCUT2D eigenvalue weighted by Gasteiger charge is 2.18. The Hall–Kier alpha value is -2.44. The molecule has 0 radical (unpaired) electrons. The molecule has 1 saturated carbocycles. The van der Waals surface area contributed by atoms with Crippen molar-refractivity contribution in [3.05, 3.63) is 23.8 Å². The van der Waals surface area contributed by atoms with Crippen LogP contribution in [0.3, 0.4) is 0 Å². The van der Waals surface area contributed by atoms with Gasteiger partial charge in [-0.2, -0.15) is 0 Å². The molecule has 0 aliphatic heterocycles. The van der Waals surface area contributed by atoms with E-state index in [1.54, 1.807) is 14.2 Å². The number of nitrogens with zero attached hydrogens (tertiary/aromatic N) is 1. The van der Waals surface area contributed by atoms with Crippen LogP contribution in [-0.2, 0) is 11.3 Å². The maximum absolute atomic E-state index is 11.6. The molecule has 1 aromatic carbocycles. The largest absolute Gasteiger partial charge is 0.497 e. The number of benzene rings is 1. The summed E-state index contributed by atoms with van der Waals surface area (Å²) in [4.78, 5) is 15.8.